The second kappa shape index (κ2) is 7.54. The van der Waals surface area contributed by atoms with E-state index in [4.69, 9.17) is 4.42 Å². The summed E-state index contributed by atoms with van der Waals surface area (Å²) in [5.74, 6) is -0.217. The molecule has 2 heterocycles. The number of furan rings is 1. The number of aryl methyl sites for hydroxylation is 1. The molecule has 5 nitrogen and oxygen atoms in total. The molecule has 1 aromatic carbocycles. The van der Waals surface area contributed by atoms with E-state index >= 15 is 0 Å². The van der Waals surface area contributed by atoms with Crippen molar-refractivity contribution in [1.82, 2.24) is 5.32 Å². The zero-order valence-electron chi connectivity index (χ0n) is 14.8. The van der Waals surface area contributed by atoms with Crippen molar-refractivity contribution < 1.29 is 9.21 Å². The number of thioether (sulfide) groups is 1. The van der Waals surface area contributed by atoms with Crippen LogP contribution in [0.25, 0.3) is 0 Å². The van der Waals surface area contributed by atoms with Crippen LogP contribution >= 0.6 is 11.8 Å². The molecule has 1 aliphatic rings. The Kier molecular flexibility index (Phi) is 5.19. The summed E-state index contributed by atoms with van der Waals surface area (Å²) < 4.78 is 5.56. The van der Waals surface area contributed by atoms with Gasteiger partial charge in [-0.2, -0.15) is 5.26 Å². The Bertz CT molecular complexity index is 936. The van der Waals surface area contributed by atoms with Gasteiger partial charge in [-0.25, -0.2) is 0 Å². The van der Waals surface area contributed by atoms with Crippen molar-refractivity contribution in [2.45, 2.75) is 19.8 Å². The highest BCUT2D eigenvalue weighted by Crippen LogP contribution is 2.40. The molecule has 0 aliphatic carbocycles. The van der Waals surface area contributed by atoms with E-state index in [2.05, 4.69) is 16.7 Å². The quantitative estimate of drug-likeness (QED) is 0.845. The van der Waals surface area contributed by atoms with Crippen LogP contribution in [0.2, 0.25) is 0 Å². The number of para-hydroxylation sites is 1. The van der Waals surface area contributed by atoms with Gasteiger partial charge in [-0.1, -0.05) is 18.2 Å². The van der Waals surface area contributed by atoms with E-state index in [0.29, 0.717) is 22.6 Å². The molecule has 0 bridgehead atoms. The topological polar surface area (TPSA) is 78.1 Å². The van der Waals surface area contributed by atoms with Crippen molar-refractivity contribution in [2.24, 2.45) is 0 Å². The van der Waals surface area contributed by atoms with Gasteiger partial charge in [0.15, 0.2) is 0 Å². The fraction of sp³-hybridized carbons (Fsp3) is 0.200. The SMILES string of the molecule is CSC1=C(C#N)[C@H](c2ccco2)C(C(=O)Nc2ccccc2C)=C(C)N1. The molecule has 3 rings (SSSR count). The molecule has 1 aromatic heterocycles. The standard InChI is InChI=1S/C20H19N3O2S/c1-12-7-4-5-8-15(12)23-19(24)17-13(2)22-20(26-3)14(11-21)18(17)16-9-6-10-25-16/h4-10,18,22H,1-3H3,(H,23,24)/t18-/m1/s1. The van der Waals surface area contributed by atoms with Crippen molar-refractivity contribution in [1.29, 1.82) is 5.26 Å². The monoisotopic (exact) mass is 365 g/mol. The molecule has 1 aliphatic heterocycles. The molecule has 1 atom stereocenters. The summed E-state index contributed by atoms with van der Waals surface area (Å²) >= 11 is 1.44. The Morgan fingerprint density at radius 3 is 2.65 bits per heavy atom. The molecule has 0 fully saturated rings. The highest BCUT2D eigenvalue weighted by atomic mass is 32.2. The van der Waals surface area contributed by atoms with E-state index in [1.807, 2.05) is 44.4 Å². The second-order valence-electron chi connectivity index (χ2n) is 5.94. The lowest BCUT2D eigenvalue weighted by molar-refractivity contribution is -0.113. The number of anilines is 1. The predicted octanol–water partition coefficient (Wildman–Crippen LogP) is 4.29. The van der Waals surface area contributed by atoms with Crippen LogP contribution in [0.15, 0.2) is 69.0 Å². The number of carbonyl (C=O) groups is 1. The van der Waals surface area contributed by atoms with E-state index in [0.717, 1.165) is 16.3 Å². The van der Waals surface area contributed by atoms with Gasteiger partial charge in [0.1, 0.15) is 5.76 Å². The maximum atomic E-state index is 13.1. The number of nitriles is 1. The lowest BCUT2D eigenvalue weighted by atomic mass is 9.85. The maximum Gasteiger partial charge on any atom is 0.254 e. The fourth-order valence-corrected chi connectivity index (χ4v) is 3.66. The molecule has 0 unspecified atom stereocenters. The van der Waals surface area contributed by atoms with Crippen LogP contribution in [-0.2, 0) is 4.79 Å². The average Bonchev–Trinajstić information content (AvgIpc) is 3.16. The number of allylic oxidation sites excluding steroid dienone is 2. The van der Waals surface area contributed by atoms with Crippen LogP contribution in [0.3, 0.4) is 0 Å². The van der Waals surface area contributed by atoms with Gasteiger partial charge in [0.2, 0.25) is 0 Å². The zero-order chi connectivity index (χ0) is 18.7. The van der Waals surface area contributed by atoms with Gasteiger partial charge in [-0.15, -0.1) is 11.8 Å². The third kappa shape index (κ3) is 3.26. The summed E-state index contributed by atoms with van der Waals surface area (Å²) in [6.45, 7) is 3.78. The molecular weight excluding hydrogens is 346 g/mol. The smallest absolute Gasteiger partial charge is 0.254 e. The van der Waals surface area contributed by atoms with Crippen molar-refractivity contribution >= 4 is 23.4 Å². The minimum Gasteiger partial charge on any atom is -0.468 e. The molecule has 132 valence electrons. The highest BCUT2D eigenvalue weighted by molar-refractivity contribution is 8.02. The van der Waals surface area contributed by atoms with Crippen LogP contribution < -0.4 is 10.6 Å². The predicted molar refractivity (Wildman–Crippen MR) is 103 cm³/mol. The number of rotatable bonds is 4. The number of benzene rings is 1. The first-order valence-corrected chi connectivity index (χ1v) is 9.35. The molecular formula is C20H19N3O2S. The molecule has 0 radical (unpaired) electrons. The number of nitrogens with one attached hydrogen (secondary N) is 2. The molecule has 6 heteroatoms. The summed E-state index contributed by atoms with van der Waals surface area (Å²) in [4.78, 5) is 13.1. The van der Waals surface area contributed by atoms with Gasteiger partial charge in [0, 0.05) is 11.4 Å². The first-order valence-electron chi connectivity index (χ1n) is 8.13. The van der Waals surface area contributed by atoms with Gasteiger partial charge in [-0.3, -0.25) is 4.79 Å². The lowest BCUT2D eigenvalue weighted by Crippen LogP contribution is -2.30. The van der Waals surface area contributed by atoms with E-state index in [9.17, 15) is 10.1 Å². The highest BCUT2D eigenvalue weighted by Gasteiger charge is 2.36. The van der Waals surface area contributed by atoms with E-state index < -0.39 is 5.92 Å². The summed E-state index contributed by atoms with van der Waals surface area (Å²) in [5, 5.41) is 16.6. The lowest BCUT2D eigenvalue weighted by Gasteiger charge is -2.28. The Hall–Kier alpha value is -2.91. The van der Waals surface area contributed by atoms with E-state index in [1.165, 1.54) is 11.8 Å². The second-order valence-corrected chi connectivity index (χ2v) is 6.76. The molecule has 1 amide bonds. The van der Waals surface area contributed by atoms with Crippen LogP contribution in [-0.4, -0.2) is 12.2 Å². The van der Waals surface area contributed by atoms with Gasteiger partial charge >= 0.3 is 0 Å². The summed E-state index contributed by atoms with van der Waals surface area (Å²) in [6, 6.07) is 13.4. The van der Waals surface area contributed by atoms with Gasteiger partial charge < -0.3 is 15.1 Å². The minimum absolute atomic E-state index is 0.251. The minimum atomic E-state index is -0.539. The molecule has 26 heavy (non-hydrogen) atoms. The molecule has 0 saturated carbocycles. The van der Waals surface area contributed by atoms with Crippen LogP contribution in [0.4, 0.5) is 5.69 Å². The number of dihydropyridines is 1. The molecule has 2 aromatic rings. The van der Waals surface area contributed by atoms with E-state index in [1.54, 1.807) is 18.4 Å². The Morgan fingerprint density at radius 1 is 1.27 bits per heavy atom. The number of nitrogens with zero attached hydrogens (tertiary/aromatic N) is 1. The van der Waals surface area contributed by atoms with Crippen LogP contribution in [0.5, 0.6) is 0 Å². The average molecular weight is 365 g/mol. The Balaban J connectivity index is 2.05. The first kappa shape index (κ1) is 17.9. The van der Waals surface area contributed by atoms with Crippen LogP contribution in [0, 0.1) is 18.3 Å². The van der Waals surface area contributed by atoms with Crippen molar-refractivity contribution in [2.75, 3.05) is 11.6 Å². The summed E-state index contributed by atoms with van der Waals surface area (Å²) in [7, 11) is 0. The molecule has 0 spiro atoms. The largest absolute Gasteiger partial charge is 0.468 e. The third-order valence-electron chi connectivity index (χ3n) is 4.32. The van der Waals surface area contributed by atoms with Gasteiger partial charge in [-0.05, 0) is 43.9 Å². The maximum absolute atomic E-state index is 13.1. The molecule has 0 saturated heterocycles. The fourth-order valence-electron chi connectivity index (χ4n) is 3.02. The third-order valence-corrected chi connectivity index (χ3v) is 5.05. The Labute approximate surface area is 156 Å². The normalized spacial score (nSPS) is 16.9. The van der Waals surface area contributed by atoms with E-state index in [-0.39, 0.29) is 5.91 Å². The number of hydrogen-bond donors (Lipinski definition) is 2. The first-order chi connectivity index (χ1) is 12.6. The molecule has 2 N–H and O–H groups in total. The van der Waals surface area contributed by atoms with Gasteiger partial charge in [0.25, 0.3) is 5.91 Å². The summed E-state index contributed by atoms with van der Waals surface area (Å²) in [6.07, 6.45) is 3.45. The van der Waals surface area contributed by atoms with Crippen molar-refractivity contribution in [3.8, 4) is 6.07 Å². The zero-order valence-corrected chi connectivity index (χ0v) is 15.6. The number of carbonyl (C=O) groups excluding carboxylic acids is 1. The number of hydrogen-bond acceptors (Lipinski definition) is 5. The summed E-state index contributed by atoms with van der Waals surface area (Å²) in [5.41, 5.74) is 3.39. The Morgan fingerprint density at radius 2 is 2.04 bits per heavy atom. The van der Waals surface area contributed by atoms with Crippen LogP contribution in [0.1, 0.15) is 24.2 Å². The number of amides is 1. The van der Waals surface area contributed by atoms with Crippen molar-refractivity contribution in [3.63, 3.8) is 0 Å². The van der Waals surface area contributed by atoms with Crippen molar-refractivity contribution in [3.05, 3.63) is 75.9 Å². The van der Waals surface area contributed by atoms with Gasteiger partial charge in [0.05, 0.1) is 34.4 Å².